The summed E-state index contributed by atoms with van der Waals surface area (Å²) >= 11 is 1.42. The van der Waals surface area contributed by atoms with Crippen LogP contribution in [0.1, 0.15) is 10.4 Å². The van der Waals surface area contributed by atoms with E-state index in [1.165, 1.54) is 11.3 Å². The number of methoxy groups -OCH3 is 1. The summed E-state index contributed by atoms with van der Waals surface area (Å²) < 4.78 is 32.8. The Kier molecular flexibility index (Phi) is 5.35. The Balaban J connectivity index is 2.31. The Bertz CT molecular complexity index is 696. The van der Waals surface area contributed by atoms with Crippen molar-refractivity contribution in [3.05, 3.63) is 46.2 Å². The summed E-state index contributed by atoms with van der Waals surface area (Å²) in [6.45, 7) is 0.874. The molecule has 0 saturated heterocycles. The van der Waals surface area contributed by atoms with Crippen LogP contribution in [0.3, 0.4) is 0 Å². The summed E-state index contributed by atoms with van der Waals surface area (Å²) in [5, 5.41) is 4.76. The van der Waals surface area contributed by atoms with Crippen LogP contribution in [0.5, 0.6) is 0 Å². The fourth-order valence-corrected chi connectivity index (χ4v) is 4.52. The molecule has 1 aromatic carbocycles. The number of hydrogen-bond donors (Lipinski definition) is 2. The quantitative estimate of drug-likeness (QED) is 0.820. The van der Waals surface area contributed by atoms with Gasteiger partial charge in [-0.1, -0.05) is 18.2 Å². The van der Waals surface area contributed by atoms with Crippen LogP contribution in [0, 0.1) is 0 Å². The second kappa shape index (κ2) is 7.04. The van der Waals surface area contributed by atoms with Crippen LogP contribution in [0.4, 0.5) is 5.69 Å². The average Bonchev–Trinajstić information content (AvgIpc) is 2.91. The lowest BCUT2D eigenvalue weighted by Crippen LogP contribution is -2.16. The molecular weight excluding hydrogens is 308 g/mol. The number of para-hydroxylation sites is 1. The standard InChI is InChI=1S/C14H18N2O3S2/c1-15-9-13-14(7-8-20-13)21(17,18)16-12-6-4-3-5-11(12)10-19-2/h3-8,15-16H,9-10H2,1-2H3. The molecule has 0 saturated carbocycles. The molecule has 0 radical (unpaired) electrons. The second-order valence-corrected chi connectivity index (χ2v) is 7.09. The zero-order chi connectivity index (χ0) is 15.3. The summed E-state index contributed by atoms with van der Waals surface area (Å²) in [5.74, 6) is 0. The molecule has 0 fully saturated rings. The Morgan fingerprint density at radius 1 is 1.24 bits per heavy atom. The van der Waals surface area contributed by atoms with Crippen molar-refractivity contribution in [1.29, 1.82) is 0 Å². The van der Waals surface area contributed by atoms with E-state index in [1.807, 2.05) is 12.1 Å². The first kappa shape index (κ1) is 16.0. The predicted octanol–water partition coefficient (Wildman–Crippen LogP) is 2.41. The van der Waals surface area contributed by atoms with Gasteiger partial charge in [0, 0.05) is 24.1 Å². The van der Waals surface area contributed by atoms with Gasteiger partial charge in [-0.15, -0.1) is 11.3 Å². The van der Waals surface area contributed by atoms with Gasteiger partial charge in [0.2, 0.25) is 0 Å². The Morgan fingerprint density at radius 3 is 2.71 bits per heavy atom. The van der Waals surface area contributed by atoms with E-state index in [4.69, 9.17) is 4.74 Å². The largest absolute Gasteiger partial charge is 0.380 e. The highest BCUT2D eigenvalue weighted by atomic mass is 32.2. The van der Waals surface area contributed by atoms with E-state index < -0.39 is 10.0 Å². The van der Waals surface area contributed by atoms with Gasteiger partial charge in [0.25, 0.3) is 10.0 Å². The third-order valence-corrected chi connectivity index (χ3v) is 5.39. The zero-order valence-corrected chi connectivity index (χ0v) is 13.6. The van der Waals surface area contributed by atoms with E-state index in [9.17, 15) is 8.42 Å². The molecule has 114 valence electrons. The first-order valence-electron chi connectivity index (χ1n) is 6.39. The molecule has 21 heavy (non-hydrogen) atoms. The number of anilines is 1. The molecule has 1 heterocycles. The van der Waals surface area contributed by atoms with Crippen molar-refractivity contribution in [2.45, 2.75) is 18.0 Å². The summed E-state index contributed by atoms with van der Waals surface area (Å²) in [7, 11) is -0.231. The smallest absolute Gasteiger partial charge is 0.263 e. The molecule has 0 amide bonds. The topological polar surface area (TPSA) is 67.4 Å². The zero-order valence-electron chi connectivity index (χ0n) is 11.9. The molecule has 2 aromatic rings. The van der Waals surface area contributed by atoms with E-state index in [0.29, 0.717) is 23.7 Å². The van der Waals surface area contributed by atoms with Gasteiger partial charge in [-0.3, -0.25) is 4.72 Å². The molecule has 0 aliphatic heterocycles. The van der Waals surface area contributed by atoms with Crippen LogP contribution in [-0.4, -0.2) is 22.6 Å². The van der Waals surface area contributed by atoms with Crippen LogP contribution in [-0.2, 0) is 27.9 Å². The van der Waals surface area contributed by atoms with Crippen molar-refractivity contribution < 1.29 is 13.2 Å². The maximum absolute atomic E-state index is 12.5. The molecule has 5 nitrogen and oxygen atoms in total. The Hall–Kier alpha value is -1.41. The van der Waals surface area contributed by atoms with Crippen LogP contribution in [0.25, 0.3) is 0 Å². The lowest BCUT2D eigenvalue weighted by molar-refractivity contribution is 0.185. The van der Waals surface area contributed by atoms with Crippen molar-refractivity contribution in [2.24, 2.45) is 0 Å². The van der Waals surface area contributed by atoms with Gasteiger partial charge in [0.05, 0.1) is 12.3 Å². The lowest BCUT2D eigenvalue weighted by Gasteiger charge is -2.12. The average molecular weight is 326 g/mol. The van der Waals surface area contributed by atoms with Gasteiger partial charge < -0.3 is 10.1 Å². The monoisotopic (exact) mass is 326 g/mol. The van der Waals surface area contributed by atoms with Crippen molar-refractivity contribution in [3.8, 4) is 0 Å². The van der Waals surface area contributed by atoms with Crippen molar-refractivity contribution in [3.63, 3.8) is 0 Å². The van der Waals surface area contributed by atoms with Crippen LogP contribution in [0.2, 0.25) is 0 Å². The number of rotatable bonds is 7. The minimum atomic E-state index is -3.60. The summed E-state index contributed by atoms with van der Waals surface area (Å²) in [5.41, 5.74) is 1.34. The maximum Gasteiger partial charge on any atom is 0.263 e. The molecular formula is C14H18N2O3S2. The molecule has 7 heteroatoms. The molecule has 0 unspecified atom stereocenters. The molecule has 0 bridgehead atoms. The summed E-state index contributed by atoms with van der Waals surface area (Å²) in [6.07, 6.45) is 0. The molecule has 0 aliphatic rings. The van der Waals surface area contributed by atoms with Crippen LogP contribution in [0.15, 0.2) is 40.6 Å². The Morgan fingerprint density at radius 2 is 2.00 bits per heavy atom. The molecule has 0 aliphatic carbocycles. The highest BCUT2D eigenvalue weighted by molar-refractivity contribution is 7.93. The van der Waals surface area contributed by atoms with E-state index in [2.05, 4.69) is 10.0 Å². The fraction of sp³-hybridized carbons (Fsp3) is 0.286. The van der Waals surface area contributed by atoms with Crippen LogP contribution >= 0.6 is 11.3 Å². The van der Waals surface area contributed by atoms with E-state index >= 15 is 0 Å². The number of nitrogens with one attached hydrogen (secondary N) is 2. The third kappa shape index (κ3) is 3.82. The highest BCUT2D eigenvalue weighted by Gasteiger charge is 2.20. The van der Waals surface area contributed by atoms with Gasteiger partial charge in [-0.25, -0.2) is 8.42 Å². The number of thiophene rings is 1. The highest BCUT2D eigenvalue weighted by Crippen LogP contribution is 2.26. The molecule has 1 aromatic heterocycles. The summed E-state index contributed by atoms with van der Waals surface area (Å²) in [6, 6.07) is 8.83. The minimum absolute atomic E-state index is 0.314. The van der Waals surface area contributed by atoms with E-state index in [1.54, 1.807) is 37.7 Å². The van der Waals surface area contributed by atoms with E-state index in [-0.39, 0.29) is 0 Å². The van der Waals surface area contributed by atoms with Crippen LogP contribution < -0.4 is 10.0 Å². The molecule has 2 N–H and O–H groups in total. The SMILES string of the molecule is CNCc1sccc1S(=O)(=O)Nc1ccccc1COC. The van der Waals surface area contributed by atoms with Gasteiger partial charge in [-0.2, -0.15) is 0 Å². The van der Waals surface area contributed by atoms with Gasteiger partial charge in [-0.05, 0) is 24.6 Å². The first-order valence-corrected chi connectivity index (χ1v) is 8.75. The number of hydrogen-bond acceptors (Lipinski definition) is 5. The fourth-order valence-electron chi connectivity index (χ4n) is 1.96. The second-order valence-electron chi connectivity index (χ2n) is 4.43. The van der Waals surface area contributed by atoms with Crippen molar-refractivity contribution in [2.75, 3.05) is 18.9 Å². The van der Waals surface area contributed by atoms with Crippen molar-refractivity contribution >= 4 is 27.0 Å². The van der Waals surface area contributed by atoms with Crippen molar-refractivity contribution in [1.82, 2.24) is 5.32 Å². The lowest BCUT2D eigenvalue weighted by atomic mass is 10.2. The van der Waals surface area contributed by atoms with Gasteiger partial charge in [0.1, 0.15) is 4.90 Å². The molecule has 2 rings (SSSR count). The molecule has 0 spiro atoms. The normalized spacial score (nSPS) is 11.5. The number of benzene rings is 1. The van der Waals surface area contributed by atoms with Gasteiger partial charge >= 0.3 is 0 Å². The predicted molar refractivity (Wildman–Crippen MR) is 85.0 cm³/mol. The van der Waals surface area contributed by atoms with E-state index in [0.717, 1.165) is 10.4 Å². The first-order chi connectivity index (χ1) is 10.1. The van der Waals surface area contributed by atoms with Gasteiger partial charge in [0.15, 0.2) is 0 Å². The Labute approximate surface area is 129 Å². The maximum atomic E-state index is 12.5. The third-order valence-electron chi connectivity index (χ3n) is 2.89. The summed E-state index contributed by atoms with van der Waals surface area (Å²) in [4.78, 5) is 1.10. The number of ether oxygens (including phenoxy) is 1. The minimum Gasteiger partial charge on any atom is -0.380 e. The number of sulfonamides is 1. The molecule has 0 atom stereocenters.